The molecule has 0 bridgehead atoms. The zero-order valence-electron chi connectivity index (χ0n) is 59.7. The van der Waals surface area contributed by atoms with Crippen molar-refractivity contribution in [3.63, 3.8) is 0 Å². The number of amides is 4. The van der Waals surface area contributed by atoms with Crippen LogP contribution in [0.25, 0.3) is 0 Å². The predicted molar refractivity (Wildman–Crippen MR) is 360 cm³/mol. The van der Waals surface area contributed by atoms with E-state index in [1.54, 1.807) is 20.8 Å². The van der Waals surface area contributed by atoms with Crippen molar-refractivity contribution in [1.29, 1.82) is 0 Å². The van der Waals surface area contributed by atoms with Crippen LogP contribution in [0.3, 0.4) is 0 Å². The first kappa shape index (κ1) is 80.8. The lowest BCUT2D eigenvalue weighted by Crippen LogP contribution is -2.50. The van der Waals surface area contributed by atoms with Gasteiger partial charge in [-0.1, -0.05) is 13.8 Å². The first-order valence-electron chi connectivity index (χ1n) is 33.2. The van der Waals surface area contributed by atoms with Gasteiger partial charge in [-0.05, 0) is 241 Å². The topological polar surface area (TPSA) is 197 Å². The Balaban J connectivity index is 0.000000518. The van der Waals surface area contributed by atoms with Gasteiger partial charge in [0.2, 0.25) is 33.7 Å². The number of aryl methyl sites for hydroxylation is 1. The normalized spacial score (nSPS) is 19.5. The lowest BCUT2D eigenvalue weighted by Gasteiger charge is -2.41. The van der Waals surface area contributed by atoms with Crippen molar-refractivity contribution >= 4 is 33.7 Å². The van der Waals surface area contributed by atoms with E-state index in [1.165, 1.54) is 25.7 Å². The number of rotatable bonds is 11. The quantitative estimate of drug-likeness (QED) is 0.141. The van der Waals surface area contributed by atoms with Gasteiger partial charge in [0.15, 0.2) is 0 Å². The lowest BCUT2D eigenvalue weighted by atomic mass is 9.93. The molecule has 1 aromatic rings. The molecule has 86 heavy (non-hydrogen) atoms. The number of nitrogens with zero attached hydrogens (tertiary/aromatic N) is 7. The molecular formula is C67H134N12O6S. The summed E-state index contributed by atoms with van der Waals surface area (Å²) in [5, 5.41) is 12.0. The first-order chi connectivity index (χ1) is 39.4. The van der Waals surface area contributed by atoms with Gasteiger partial charge in [0.1, 0.15) is 0 Å². The van der Waals surface area contributed by atoms with Crippen LogP contribution in [0, 0.1) is 18.8 Å². The summed E-state index contributed by atoms with van der Waals surface area (Å²) in [4.78, 5) is 60.6. The van der Waals surface area contributed by atoms with Crippen LogP contribution in [0.1, 0.15) is 242 Å². The molecule has 0 aliphatic carbocycles. The molecule has 1 aromatic heterocycles. The number of piperidine rings is 5. The molecule has 6 heterocycles. The molecule has 0 spiro atoms. The largest absolute Gasteiger partial charge is 0.356 e. The highest BCUT2D eigenvalue weighted by atomic mass is 32.2. The first-order valence-corrected chi connectivity index (χ1v) is 34.9. The zero-order chi connectivity index (χ0) is 66.1. The molecule has 0 radical (unpaired) electrons. The number of carbonyl (C=O) groups excluding carboxylic acids is 4. The maximum atomic E-state index is 11.4. The fourth-order valence-corrected chi connectivity index (χ4v) is 12.0. The van der Waals surface area contributed by atoms with Crippen molar-refractivity contribution in [2.75, 3.05) is 84.3 Å². The molecular weight excluding hydrogens is 1100 g/mol. The maximum Gasteiger partial charge on any atom is 0.219 e. The second-order valence-electron chi connectivity index (χ2n) is 30.8. The van der Waals surface area contributed by atoms with Gasteiger partial charge >= 0.3 is 0 Å². The average Bonchev–Trinajstić information content (AvgIpc) is 4.04. The number of likely N-dealkylation sites (tertiary alicyclic amines) is 5. The van der Waals surface area contributed by atoms with Crippen molar-refractivity contribution in [3.05, 3.63) is 18.2 Å². The smallest absolute Gasteiger partial charge is 0.219 e. The molecule has 5 fully saturated rings. The number of nitrogens with one attached hydrogen (secondary N) is 5. The van der Waals surface area contributed by atoms with Crippen LogP contribution in [-0.4, -0.2) is 196 Å². The Bertz CT molecular complexity index is 2170. The van der Waals surface area contributed by atoms with Crippen molar-refractivity contribution in [2.24, 2.45) is 11.8 Å². The number of imidazole rings is 1. The molecule has 5 N–H and O–H groups in total. The molecule has 0 atom stereocenters. The third kappa shape index (κ3) is 34.7. The molecule has 504 valence electrons. The maximum absolute atomic E-state index is 11.4. The van der Waals surface area contributed by atoms with Crippen LogP contribution in [0.4, 0.5) is 0 Å². The minimum Gasteiger partial charge on any atom is -0.356 e. The van der Waals surface area contributed by atoms with E-state index in [0.717, 1.165) is 123 Å². The third-order valence-corrected chi connectivity index (χ3v) is 18.8. The number of hydrogen-bond donors (Lipinski definition) is 5. The zero-order valence-corrected chi connectivity index (χ0v) is 60.5. The standard InChI is InChI=1S/C13H26N2O.2C12H24N2O.C11H24N2O2S.C11H22N2O.C8H14N2/c1-5-12(16)14-10-11-6-8-15(9-7-11)13(2,3)4;1-10(15)13-9-11-5-7-14(8-6-11)12(2,3)4;1-5-11(15)13-10-6-8-14(9-7-10)12(2,3)4;1-5-16(14,15)12-10-6-8-13(9-7-10)11(2,3)4;1-9(14)12-10-5-7-13(8-6-10)11(2,3)4;1-7-5-10(6-9-7)8(2,3)4/h11H,5-10H2,1-4H3,(H,14,16);11H,5-9H2,1-4H3,(H,13,15);10H,5-9H2,1-4H3,(H,13,15);10,12H,5-9H2,1-4H3;10H,5-8H2,1-4H3,(H,12,14);5-6H,1-4H3. The Morgan fingerprint density at radius 3 is 1.02 bits per heavy atom. The van der Waals surface area contributed by atoms with Crippen molar-refractivity contribution in [3.8, 4) is 0 Å². The minimum atomic E-state index is -3.04. The van der Waals surface area contributed by atoms with Gasteiger partial charge in [-0.3, -0.25) is 43.7 Å². The summed E-state index contributed by atoms with van der Waals surface area (Å²) < 4.78 is 27.7. The van der Waals surface area contributed by atoms with E-state index in [9.17, 15) is 27.6 Å². The van der Waals surface area contributed by atoms with Crippen LogP contribution in [-0.2, 0) is 34.7 Å². The summed E-state index contributed by atoms with van der Waals surface area (Å²) in [5.74, 6) is 2.07. The van der Waals surface area contributed by atoms with Gasteiger partial charge < -0.3 is 25.8 Å². The lowest BCUT2D eigenvalue weighted by molar-refractivity contribution is -0.122. The summed E-state index contributed by atoms with van der Waals surface area (Å²) >= 11 is 0. The van der Waals surface area contributed by atoms with E-state index in [-0.39, 0.29) is 63.1 Å². The van der Waals surface area contributed by atoms with E-state index in [0.29, 0.717) is 42.3 Å². The van der Waals surface area contributed by atoms with Crippen molar-refractivity contribution in [2.45, 2.75) is 295 Å². The Hall–Kier alpha value is -3.20. The van der Waals surface area contributed by atoms with Gasteiger partial charge in [0, 0.05) is 137 Å². The van der Waals surface area contributed by atoms with E-state index >= 15 is 0 Å². The number of carbonyl (C=O) groups is 4. The molecule has 6 rings (SSSR count). The number of aromatic nitrogens is 2. The van der Waals surface area contributed by atoms with Crippen LogP contribution in [0.5, 0.6) is 0 Å². The van der Waals surface area contributed by atoms with Crippen LogP contribution >= 0.6 is 0 Å². The minimum absolute atomic E-state index is 0.0910. The molecule has 18 nitrogen and oxygen atoms in total. The Morgan fingerprint density at radius 1 is 0.453 bits per heavy atom. The van der Waals surface area contributed by atoms with E-state index < -0.39 is 10.0 Å². The van der Waals surface area contributed by atoms with Gasteiger partial charge in [0.25, 0.3) is 0 Å². The fourth-order valence-electron chi connectivity index (χ4n) is 11.1. The van der Waals surface area contributed by atoms with Gasteiger partial charge in [-0.15, -0.1) is 0 Å². The van der Waals surface area contributed by atoms with E-state index in [4.69, 9.17) is 0 Å². The highest BCUT2D eigenvalue weighted by Gasteiger charge is 2.32. The highest BCUT2D eigenvalue weighted by molar-refractivity contribution is 7.89. The highest BCUT2D eigenvalue weighted by Crippen LogP contribution is 2.26. The van der Waals surface area contributed by atoms with Crippen LogP contribution < -0.4 is 26.0 Å². The summed E-state index contributed by atoms with van der Waals surface area (Å²) in [6.45, 7) is 63.5. The van der Waals surface area contributed by atoms with Gasteiger partial charge in [0.05, 0.1) is 17.8 Å². The van der Waals surface area contributed by atoms with Crippen molar-refractivity contribution < 1.29 is 27.6 Å². The second kappa shape index (κ2) is 37.2. The van der Waals surface area contributed by atoms with E-state index in [2.05, 4.69) is 191 Å². The predicted octanol–water partition coefficient (Wildman–Crippen LogP) is 9.95. The van der Waals surface area contributed by atoms with Gasteiger partial charge in [-0.25, -0.2) is 18.1 Å². The Kier molecular flexibility index (Phi) is 35.0. The summed E-state index contributed by atoms with van der Waals surface area (Å²) in [7, 11) is -3.04. The van der Waals surface area contributed by atoms with Crippen LogP contribution in [0.15, 0.2) is 12.5 Å². The number of sulfonamides is 1. The Labute approximate surface area is 527 Å². The molecule has 5 aliphatic rings. The molecule has 5 saturated heterocycles. The second-order valence-corrected chi connectivity index (χ2v) is 32.9. The molecule has 4 amide bonds. The SMILES string of the molecule is CC(=O)NC1CCN(C(C)(C)C)CC1.CC(=O)NCC1CCN(C(C)(C)C)CC1.CCC(=O)NC1CCN(C(C)(C)C)CC1.CCC(=O)NCC1CCN(C(C)(C)C)CC1.CCS(=O)(=O)NC1CCN(C(C)(C)C)CC1.Cc1cn(C(C)(C)C)cn1. The summed E-state index contributed by atoms with van der Waals surface area (Å²) in [6.07, 6.45) is 16.1. The van der Waals surface area contributed by atoms with Crippen LogP contribution in [0.2, 0.25) is 0 Å². The monoisotopic (exact) mass is 1240 g/mol. The molecule has 0 saturated carbocycles. The summed E-state index contributed by atoms with van der Waals surface area (Å²) in [6, 6.07) is 0.922. The van der Waals surface area contributed by atoms with Crippen molar-refractivity contribution in [1.82, 2.24) is 60.0 Å². The fraction of sp³-hybridized carbons (Fsp3) is 0.896. The summed E-state index contributed by atoms with van der Waals surface area (Å²) in [5.41, 5.74) is 2.54. The molecule has 5 aliphatic heterocycles. The molecule has 0 aromatic carbocycles. The number of hydrogen-bond acceptors (Lipinski definition) is 12. The van der Waals surface area contributed by atoms with E-state index in [1.807, 2.05) is 27.1 Å². The Morgan fingerprint density at radius 2 is 0.767 bits per heavy atom. The molecule has 19 heteroatoms. The average molecular weight is 1240 g/mol. The van der Waals surface area contributed by atoms with Gasteiger partial charge in [-0.2, -0.15) is 0 Å². The molecule has 0 unspecified atom stereocenters. The third-order valence-electron chi connectivity index (χ3n) is 17.3.